The van der Waals surface area contributed by atoms with E-state index in [2.05, 4.69) is 10.6 Å². The number of esters is 1. The highest BCUT2D eigenvalue weighted by atomic mass is 32.1. The van der Waals surface area contributed by atoms with Crippen molar-refractivity contribution in [1.29, 1.82) is 0 Å². The smallest absolute Gasteiger partial charge is 0.341 e. The van der Waals surface area contributed by atoms with E-state index in [1.54, 1.807) is 31.2 Å². The summed E-state index contributed by atoms with van der Waals surface area (Å²) in [6, 6.07) is 16.2. The molecule has 3 aromatic rings. The minimum absolute atomic E-state index is 0.228. The van der Waals surface area contributed by atoms with Crippen LogP contribution in [0.2, 0.25) is 0 Å². The SMILES string of the molecule is CCOC(=O)c1c(NC(=S)NCc2ccc(C(=O)O)cc2)sc(C)c1-c1ccccc1. The van der Waals surface area contributed by atoms with Gasteiger partial charge in [0.25, 0.3) is 0 Å². The van der Waals surface area contributed by atoms with E-state index in [9.17, 15) is 9.59 Å². The molecule has 0 saturated heterocycles. The van der Waals surface area contributed by atoms with Crippen molar-refractivity contribution in [3.8, 4) is 11.1 Å². The number of carboxylic acids is 1. The van der Waals surface area contributed by atoms with Gasteiger partial charge in [-0.3, -0.25) is 0 Å². The highest BCUT2D eigenvalue weighted by molar-refractivity contribution is 7.80. The number of benzene rings is 2. The Kier molecular flexibility index (Phi) is 7.38. The van der Waals surface area contributed by atoms with Gasteiger partial charge in [-0.25, -0.2) is 9.59 Å². The average Bonchev–Trinajstić information content (AvgIpc) is 3.08. The van der Waals surface area contributed by atoms with Crippen molar-refractivity contribution < 1.29 is 19.4 Å². The molecule has 31 heavy (non-hydrogen) atoms. The van der Waals surface area contributed by atoms with Gasteiger partial charge in [0, 0.05) is 17.0 Å². The molecule has 2 aromatic carbocycles. The largest absolute Gasteiger partial charge is 0.478 e. The van der Waals surface area contributed by atoms with E-state index in [0.29, 0.717) is 22.2 Å². The number of aromatic carboxylic acids is 1. The predicted molar refractivity (Wildman–Crippen MR) is 127 cm³/mol. The Bertz CT molecular complexity index is 1090. The summed E-state index contributed by atoms with van der Waals surface area (Å²) in [6.07, 6.45) is 0. The number of carbonyl (C=O) groups is 2. The van der Waals surface area contributed by atoms with Gasteiger partial charge in [-0.2, -0.15) is 0 Å². The number of nitrogens with one attached hydrogen (secondary N) is 2. The summed E-state index contributed by atoms with van der Waals surface area (Å²) in [5.74, 6) is -1.37. The molecule has 8 heteroatoms. The second kappa shape index (κ2) is 10.2. The molecule has 0 aliphatic carbocycles. The van der Waals surface area contributed by atoms with Gasteiger partial charge in [-0.05, 0) is 49.3 Å². The number of thiocarbonyl (C=S) groups is 1. The van der Waals surface area contributed by atoms with Gasteiger partial charge < -0.3 is 20.5 Å². The first-order chi connectivity index (χ1) is 14.9. The Morgan fingerprint density at radius 2 is 1.77 bits per heavy atom. The maximum atomic E-state index is 12.8. The second-order valence-electron chi connectivity index (χ2n) is 6.63. The normalized spacial score (nSPS) is 10.4. The fraction of sp³-hybridized carbons (Fsp3) is 0.174. The molecule has 0 fully saturated rings. The van der Waals surface area contributed by atoms with E-state index >= 15 is 0 Å². The van der Waals surface area contributed by atoms with Crippen molar-refractivity contribution in [3.05, 3.63) is 76.2 Å². The van der Waals surface area contributed by atoms with Gasteiger partial charge in [-0.15, -0.1) is 11.3 Å². The lowest BCUT2D eigenvalue weighted by Gasteiger charge is -2.12. The molecule has 0 spiro atoms. The summed E-state index contributed by atoms with van der Waals surface area (Å²) in [5.41, 5.74) is 3.34. The lowest BCUT2D eigenvalue weighted by molar-refractivity contribution is 0.0528. The summed E-state index contributed by atoms with van der Waals surface area (Å²) in [6.45, 7) is 4.42. The number of rotatable bonds is 7. The average molecular weight is 455 g/mol. The van der Waals surface area contributed by atoms with Crippen molar-refractivity contribution in [2.75, 3.05) is 11.9 Å². The molecule has 3 N–H and O–H groups in total. The van der Waals surface area contributed by atoms with Crippen LogP contribution in [0.1, 0.15) is 38.1 Å². The topological polar surface area (TPSA) is 87.7 Å². The zero-order chi connectivity index (χ0) is 22.4. The van der Waals surface area contributed by atoms with E-state index in [0.717, 1.165) is 21.6 Å². The number of thiophene rings is 1. The van der Waals surface area contributed by atoms with Crippen molar-refractivity contribution in [3.63, 3.8) is 0 Å². The van der Waals surface area contributed by atoms with Gasteiger partial charge in [0.05, 0.1) is 12.2 Å². The van der Waals surface area contributed by atoms with Gasteiger partial charge in [-0.1, -0.05) is 42.5 Å². The fourth-order valence-electron chi connectivity index (χ4n) is 3.08. The molecule has 0 unspecified atom stereocenters. The van der Waals surface area contributed by atoms with Crippen LogP contribution >= 0.6 is 23.6 Å². The van der Waals surface area contributed by atoms with Crippen LogP contribution in [-0.2, 0) is 11.3 Å². The van der Waals surface area contributed by atoms with E-state index in [-0.39, 0.29) is 12.2 Å². The number of carbonyl (C=O) groups excluding carboxylic acids is 1. The van der Waals surface area contributed by atoms with Gasteiger partial charge in [0.2, 0.25) is 0 Å². The standard InChI is InChI=1S/C23H22N2O4S2/c1-3-29-22(28)19-18(16-7-5-4-6-8-16)14(2)31-20(19)25-23(30)24-13-15-9-11-17(12-10-15)21(26)27/h4-12H,3,13H2,1-2H3,(H,26,27)(H2,24,25,30). The molecular formula is C23H22N2O4S2. The lowest BCUT2D eigenvalue weighted by Crippen LogP contribution is -2.28. The number of aryl methyl sites for hydroxylation is 1. The molecule has 0 saturated carbocycles. The van der Waals surface area contributed by atoms with Crippen molar-refractivity contribution in [2.24, 2.45) is 0 Å². The summed E-state index contributed by atoms with van der Waals surface area (Å²) in [5, 5.41) is 16.2. The van der Waals surface area contributed by atoms with Gasteiger partial charge in [0.1, 0.15) is 10.6 Å². The summed E-state index contributed by atoms with van der Waals surface area (Å²) in [4.78, 5) is 24.7. The first kappa shape index (κ1) is 22.5. The first-order valence-electron chi connectivity index (χ1n) is 9.63. The Labute approximate surface area is 189 Å². The third kappa shape index (κ3) is 5.48. The van der Waals surface area contributed by atoms with E-state index in [4.69, 9.17) is 22.1 Å². The molecule has 0 aliphatic heterocycles. The molecule has 160 valence electrons. The molecule has 0 radical (unpaired) electrons. The maximum Gasteiger partial charge on any atom is 0.341 e. The fourth-order valence-corrected chi connectivity index (χ4v) is 4.39. The van der Waals surface area contributed by atoms with Crippen LogP contribution in [0.15, 0.2) is 54.6 Å². The quantitative estimate of drug-likeness (QED) is 0.339. The lowest BCUT2D eigenvalue weighted by atomic mass is 10.0. The Hall–Kier alpha value is -3.23. The highest BCUT2D eigenvalue weighted by Gasteiger charge is 2.24. The minimum Gasteiger partial charge on any atom is -0.478 e. The number of hydrogen-bond donors (Lipinski definition) is 3. The van der Waals surface area contributed by atoms with Crippen molar-refractivity contribution in [1.82, 2.24) is 5.32 Å². The molecule has 0 amide bonds. The third-order valence-electron chi connectivity index (χ3n) is 4.51. The Morgan fingerprint density at radius 3 is 2.39 bits per heavy atom. The van der Waals surface area contributed by atoms with E-state index in [1.807, 2.05) is 37.3 Å². The predicted octanol–water partition coefficient (Wildman–Crippen LogP) is 5.09. The van der Waals surface area contributed by atoms with Crippen LogP contribution in [0.25, 0.3) is 11.1 Å². The molecule has 6 nitrogen and oxygen atoms in total. The van der Waals surface area contributed by atoms with Gasteiger partial charge in [0.15, 0.2) is 5.11 Å². The maximum absolute atomic E-state index is 12.8. The van der Waals surface area contributed by atoms with Crippen LogP contribution < -0.4 is 10.6 Å². The number of carboxylic acid groups (broad SMARTS) is 1. The number of ether oxygens (including phenoxy) is 1. The van der Waals surface area contributed by atoms with Crippen LogP contribution in [-0.4, -0.2) is 28.8 Å². The first-order valence-corrected chi connectivity index (χ1v) is 10.9. The van der Waals surface area contributed by atoms with Gasteiger partial charge >= 0.3 is 11.9 Å². The summed E-state index contributed by atoms with van der Waals surface area (Å²) >= 11 is 6.86. The Balaban J connectivity index is 1.79. The minimum atomic E-state index is -0.967. The second-order valence-corrected chi connectivity index (χ2v) is 8.27. The number of hydrogen-bond acceptors (Lipinski definition) is 5. The van der Waals surface area contributed by atoms with Crippen LogP contribution in [0.4, 0.5) is 5.00 Å². The molecule has 1 heterocycles. The highest BCUT2D eigenvalue weighted by Crippen LogP contribution is 2.40. The molecule has 0 bridgehead atoms. The molecule has 0 aliphatic rings. The molecular weight excluding hydrogens is 432 g/mol. The molecule has 3 rings (SSSR count). The third-order valence-corrected chi connectivity index (χ3v) is 5.77. The summed E-state index contributed by atoms with van der Waals surface area (Å²) < 4.78 is 5.30. The molecule has 1 aromatic heterocycles. The number of anilines is 1. The van der Waals surface area contributed by atoms with Crippen LogP contribution in [0.5, 0.6) is 0 Å². The van der Waals surface area contributed by atoms with Crippen molar-refractivity contribution >= 4 is 45.6 Å². The monoisotopic (exact) mass is 454 g/mol. The summed E-state index contributed by atoms with van der Waals surface area (Å²) in [7, 11) is 0. The zero-order valence-corrected chi connectivity index (χ0v) is 18.7. The van der Waals surface area contributed by atoms with Crippen LogP contribution in [0, 0.1) is 6.92 Å². The Morgan fingerprint density at radius 1 is 1.10 bits per heavy atom. The molecule has 0 atom stereocenters. The zero-order valence-electron chi connectivity index (χ0n) is 17.1. The van der Waals surface area contributed by atoms with E-state index in [1.165, 1.54) is 11.3 Å². The van der Waals surface area contributed by atoms with Crippen LogP contribution in [0.3, 0.4) is 0 Å². The van der Waals surface area contributed by atoms with E-state index < -0.39 is 11.9 Å². The van der Waals surface area contributed by atoms with Crippen molar-refractivity contribution in [2.45, 2.75) is 20.4 Å².